The van der Waals surface area contributed by atoms with Gasteiger partial charge in [-0.25, -0.2) is 0 Å². The van der Waals surface area contributed by atoms with Crippen LogP contribution in [-0.2, 0) is 11.2 Å². The smallest absolute Gasteiger partial charge is 0.276 e. The van der Waals surface area contributed by atoms with Crippen LogP contribution in [0.1, 0.15) is 11.1 Å². The number of benzene rings is 2. The molecule has 0 radical (unpaired) electrons. The van der Waals surface area contributed by atoms with Crippen LogP contribution in [0.25, 0.3) is 6.08 Å². The second-order valence-corrected chi connectivity index (χ2v) is 6.91. The fourth-order valence-electron chi connectivity index (χ4n) is 2.92. The molecule has 3 rings (SSSR count). The number of likely N-dealkylation sites (N-methyl/N-ethyl adjacent to an activating group) is 1. The molecular formula is C21H23N3OS. The summed E-state index contributed by atoms with van der Waals surface area (Å²) in [5.41, 5.74) is 3.92. The maximum absolute atomic E-state index is 12.8. The molecule has 1 aliphatic heterocycles. The summed E-state index contributed by atoms with van der Waals surface area (Å²) in [5.74, 6) is -0.0369. The van der Waals surface area contributed by atoms with Crippen molar-refractivity contribution in [3.63, 3.8) is 0 Å². The third-order valence-corrected chi connectivity index (χ3v) is 5.02. The molecule has 4 nitrogen and oxygen atoms in total. The fraction of sp³-hybridized carbons (Fsp3) is 0.238. The van der Waals surface area contributed by atoms with E-state index in [-0.39, 0.29) is 5.91 Å². The van der Waals surface area contributed by atoms with E-state index in [1.165, 1.54) is 5.56 Å². The molecule has 5 heteroatoms. The Kier molecular flexibility index (Phi) is 5.38. The van der Waals surface area contributed by atoms with Crippen molar-refractivity contribution in [3.8, 4) is 0 Å². The zero-order valence-corrected chi connectivity index (χ0v) is 16.2. The van der Waals surface area contributed by atoms with Gasteiger partial charge in [0.05, 0.1) is 0 Å². The molecule has 1 heterocycles. The molecule has 1 amide bonds. The van der Waals surface area contributed by atoms with Crippen LogP contribution in [0, 0.1) is 0 Å². The van der Waals surface area contributed by atoms with Gasteiger partial charge in [0.2, 0.25) is 0 Å². The van der Waals surface area contributed by atoms with E-state index >= 15 is 0 Å². The van der Waals surface area contributed by atoms with E-state index < -0.39 is 0 Å². The normalized spacial score (nSPS) is 15.9. The lowest BCUT2D eigenvalue weighted by Crippen LogP contribution is -2.33. The van der Waals surface area contributed by atoms with E-state index in [0.29, 0.717) is 17.4 Å². The van der Waals surface area contributed by atoms with Crippen LogP contribution in [-0.4, -0.2) is 48.5 Å². The van der Waals surface area contributed by atoms with E-state index in [0.717, 1.165) is 17.7 Å². The zero-order chi connectivity index (χ0) is 18.7. The first-order chi connectivity index (χ1) is 12.5. The van der Waals surface area contributed by atoms with Crippen molar-refractivity contribution in [2.24, 2.45) is 0 Å². The van der Waals surface area contributed by atoms with Crippen molar-refractivity contribution in [1.82, 2.24) is 9.80 Å². The van der Waals surface area contributed by atoms with Crippen molar-refractivity contribution in [2.45, 2.75) is 6.42 Å². The first-order valence-corrected chi connectivity index (χ1v) is 9.01. The van der Waals surface area contributed by atoms with Gasteiger partial charge >= 0.3 is 0 Å². The SMILES string of the molecule is CN1C(=S)N(CCc2ccccc2)C(=O)/C1=C\c1ccc(N(C)C)cc1. The predicted molar refractivity (Wildman–Crippen MR) is 111 cm³/mol. The summed E-state index contributed by atoms with van der Waals surface area (Å²) in [6.07, 6.45) is 2.68. The minimum atomic E-state index is -0.0369. The third-order valence-electron chi connectivity index (χ3n) is 4.52. The Bertz CT molecular complexity index is 828. The number of carbonyl (C=O) groups excluding carboxylic acids is 1. The highest BCUT2D eigenvalue weighted by atomic mass is 32.1. The maximum Gasteiger partial charge on any atom is 0.276 e. The molecule has 0 saturated carbocycles. The number of nitrogens with zero attached hydrogens (tertiary/aromatic N) is 3. The third kappa shape index (κ3) is 3.78. The topological polar surface area (TPSA) is 26.8 Å². The Balaban J connectivity index is 1.76. The van der Waals surface area contributed by atoms with E-state index in [4.69, 9.17) is 12.2 Å². The molecular weight excluding hydrogens is 342 g/mol. The average Bonchev–Trinajstić information content (AvgIpc) is 2.85. The van der Waals surface area contributed by atoms with Crippen LogP contribution < -0.4 is 4.90 Å². The van der Waals surface area contributed by atoms with E-state index in [9.17, 15) is 4.79 Å². The Morgan fingerprint density at radius 2 is 1.69 bits per heavy atom. The van der Waals surface area contributed by atoms with Crippen LogP contribution in [0.3, 0.4) is 0 Å². The molecule has 1 aliphatic rings. The molecule has 0 bridgehead atoms. The van der Waals surface area contributed by atoms with Crippen molar-refractivity contribution in [1.29, 1.82) is 0 Å². The molecule has 0 spiro atoms. The van der Waals surface area contributed by atoms with Gasteiger partial charge in [0.25, 0.3) is 5.91 Å². The van der Waals surface area contributed by atoms with Gasteiger partial charge in [-0.3, -0.25) is 9.69 Å². The number of anilines is 1. The predicted octanol–water partition coefficient (Wildman–Crippen LogP) is 3.40. The number of hydrogen-bond acceptors (Lipinski definition) is 3. The Labute approximate surface area is 160 Å². The van der Waals surface area contributed by atoms with Crippen molar-refractivity contribution >= 4 is 35.0 Å². The Hall–Kier alpha value is -2.66. The van der Waals surface area contributed by atoms with Crippen LogP contribution >= 0.6 is 12.2 Å². The highest BCUT2D eigenvalue weighted by Crippen LogP contribution is 2.23. The first kappa shape index (κ1) is 18.1. The lowest BCUT2D eigenvalue weighted by Gasteiger charge is -2.16. The minimum Gasteiger partial charge on any atom is -0.378 e. The lowest BCUT2D eigenvalue weighted by atomic mass is 10.1. The second-order valence-electron chi connectivity index (χ2n) is 6.55. The monoisotopic (exact) mass is 365 g/mol. The van der Waals surface area contributed by atoms with Gasteiger partial charge in [0.1, 0.15) is 5.70 Å². The summed E-state index contributed by atoms with van der Waals surface area (Å²) in [6.45, 7) is 0.586. The van der Waals surface area contributed by atoms with Crippen molar-refractivity contribution in [3.05, 3.63) is 71.4 Å². The molecule has 0 atom stereocenters. The van der Waals surface area contributed by atoms with Gasteiger partial charge in [-0.2, -0.15) is 0 Å². The number of thiocarbonyl (C=S) groups is 1. The number of carbonyl (C=O) groups is 1. The minimum absolute atomic E-state index is 0.0369. The molecule has 26 heavy (non-hydrogen) atoms. The highest BCUT2D eigenvalue weighted by molar-refractivity contribution is 7.80. The van der Waals surface area contributed by atoms with E-state index in [1.54, 1.807) is 9.80 Å². The zero-order valence-electron chi connectivity index (χ0n) is 15.3. The van der Waals surface area contributed by atoms with Gasteiger partial charge in [0.15, 0.2) is 5.11 Å². The first-order valence-electron chi connectivity index (χ1n) is 8.60. The standard InChI is InChI=1S/C21H23N3OS/c1-22(2)18-11-9-17(10-12-18)15-19-20(25)24(21(26)23(19)3)14-13-16-7-5-4-6-8-16/h4-12,15H,13-14H2,1-3H3/b19-15+. The summed E-state index contributed by atoms with van der Waals surface area (Å²) in [7, 11) is 5.86. The van der Waals surface area contributed by atoms with Gasteiger partial charge in [-0.1, -0.05) is 42.5 Å². The van der Waals surface area contributed by atoms with Gasteiger partial charge < -0.3 is 9.80 Å². The second kappa shape index (κ2) is 7.70. The largest absolute Gasteiger partial charge is 0.378 e. The molecule has 0 aliphatic carbocycles. The quantitative estimate of drug-likeness (QED) is 0.599. The number of hydrogen-bond donors (Lipinski definition) is 0. The molecule has 1 saturated heterocycles. The molecule has 2 aromatic carbocycles. The van der Waals surface area contributed by atoms with Crippen LogP contribution in [0.15, 0.2) is 60.3 Å². The number of amides is 1. The molecule has 1 fully saturated rings. The molecule has 0 N–H and O–H groups in total. The van der Waals surface area contributed by atoms with Crippen molar-refractivity contribution < 1.29 is 4.79 Å². The van der Waals surface area contributed by atoms with Gasteiger partial charge in [0, 0.05) is 33.4 Å². The fourth-order valence-corrected chi connectivity index (χ4v) is 3.19. The maximum atomic E-state index is 12.8. The highest BCUT2D eigenvalue weighted by Gasteiger charge is 2.35. The van der Waals surface area contributed by atoms with Crippen LogP contribution in [0.5, 0.6) is 0 Å². The van der Waals surface area contributed by atoms with E-state index in [2.05, 4.69) is 12.1 Å². The molecule has 0 unspecified atom stereocenters. The summed E-state index contributed by atoms with van der Waals surface area (Å²) in [6, 6.07) is 18.2. The van der Waals surface area contributed by atoms with Gasteiger partial charge in [-0.15, -0.1) is 0 Å². The summed E-state index contributed by atoms with van der Waals surface area (Å²) >= 11 is 5.49. The van der Waals surface area contributed by atoms with Crippen LogP contribution in [0.4, 0.5) is 5.69 Å². The summed E-state index contributed by atoms with van der Waals surface area (Å²) in [4.78, 5) is 18.4. The molecule has 0 aromatic heterocycles. The summed E-state index contributed by atoms with van der Waals surface area (Å²) in [5, 5.41) is 0.557. The molecule has 134 valence electrons. The Morgan fingerprint density at radius 1 is 1.04 bits per heavy atom. The lowest BCUT2D eigenvalue weighted by molar-refractivity contribution is -0.122. The Morgan fingerprint density at radius 3 is 2.31 bits per heavy atom. The van der Waals surface area contributed by atoms with Crippen molar-refractivity contribution in [2.75, 3.05) is 32.6 Å². The average molecular weight is 366 g/mol. The van der Waals surface area contributed by atoms with Crippen LogP contribution in [0.2, 0.25) is 0 Å². The number of rotatable bonds is 5. The summed E-state index contributed by atoms with van der Waals surface area (Å²) < 4.78 is 0. The van der Waals surface area contributed by atoms with Gasteiger partial charge in [-0.05, 0) is 48.0 Å². The van der Waals surface area contributed by atoms with E-state index in [1.807, 2.05) is 74.6 Å². The molecule has 2 aromatic rings.